The molecule has 1 nitrogen and oxygen atoms in total. The van der Waals surface area contributed by atoms with E-state index in [-0.39, 0.29) is 54.6 Å². The second kappa shape index (κ2) is 6.22. The van der Waals surface area contributed by atoms with Gasteiger partial charge in [-0.25, -0.2) is 0 Å². The Morgan fingerprint density at radius 3 is 1.48 bits per heavy atom. The van der Waals surface area contributed by atoms with Crippen LogP contribution in [-0.2, 0) is 4.74 Å². The van der Waals surface area contributed by atoms with Gasteiger partial charge >= 0.3 is 42.4 Å². The molecule has 21 heavy (non-hydrogen) atoms. The van der Waals surface area contributed by atoms with E-state index in [0.717, 1.165) is 0 Å². The lowest BCUT2D eigenvalue weighted by Crippen LogP contribution is -3.66. The van der Waals surface area contributed by atoms with Crippen molar-refractivity contribution >= 4 is 0 Å². The zero-order chi connectivity index (χ0) is 14.1. The van der Waals surface area contributed by atoms with E-state index in [0.29, 0.717) is 0 Å². The molecule has 2 aromatic rings. The summed E-state index contributed by atoms with van der Waals surface area (Å²) in [6.07, 6.45) is 5.03. The molecule has 0 unspecified atom stereocenters. The van der Waals surface area contributed by atoms with Gasteiger partial charge in [-0.05, 0) is 36.4 Å². The van der Waals surface area contributed by atoms with Crippen LogP contribution in [0.15, 0.2) is 80.0 Å². The lowest BCUT2D eigenvalue weighted by atomic mass is 10.2. The number of benzene rings is 2. The van der Waals surface area contributed by atoms with Crippen LogP contribution in [0.2, 0.25) is 0 Å². The highest BCUT2D eigenvalue weighted by molar-refractivity contribution is 5.31. The average Bonchev–Trinajstić information content (AvgIpc) is 3.13. The number of fused-ring (bicyclic) bond motifs is 2. The van der Waals surface area contributed by atoms with Crippen molar-refractivity contribution in [3.63, 3.8) is 0 Å². The summed E-state index contributed by atoms with van der Waals surface area (Å²) in [5, 5.41) is 0. The maximum Gasteiger partial charge on any atom is 0.361 e. The van der Waals surface area contributed by atoms with E-state index in [1.165, 1.54) is 7.14 Å². The summed E-state index contributed by atoms with van der Waals surface area (Å²) >= 11 is -0.201. The Morgan fingerprint density at radius 1 is 0.619 bits per heavy atom. The summed E-state index contributed by atoms with van der Waals surface area (Å²) in [5.41, 5.74) is 0. The minimum atomic E-state index is -0.101. The number of ether oxygens (including phenoxy) is 1. The van der Waals surface area contributed by atoms with Gasteiger partial charge < -0.3 is 4.74 Å². The minimum absolute atomic E-state index is 0.101. The van der Waals surface area contributed by atoms with Crippen molar-refractivity contribution in [1.82, 2.24) is 0 Å². The van der Waals surface area contributed by atoms with Crippen molar-refractivity contribution in [3.8, 4) is 0 Å². The molecule has 2 aliphatic rings. The second-order valence-corrected chi connectivity index (χ2v) is 10.7. The van der Waals surface area contributed by atoms with E-state index in [9.17, 15) is 0 Å². The van der Waals surface area contributed by atoms with Crippen molar-refractivity contribution < 1.29 is 47.1 Å². The van der Waals surface area contributed by atoms with E-state index in [2.05, 4.69) is 72.8 Å². The first-order valence-electron chi connectivity index (χ1n) is 6.88. The normalized spacial score (nSPS) is 23.0. The van der Waals surface area contributed by atoms with Crippen LogP contribution in [-0.4, -0.2) is 12.2 Å². The predicted octanol–water partition coefficient (Wildman–Crippen LogP) is -2.55. The maximum absolute atomic E-state index is 6.11. The van der Waals surface area contributed by atoms with Gasteiger partial charge in [-0.3, -0.25) is 0 Å². The standard InChI is InChI=1S/C18H14I2O/c1-3-7-13(8-4-1)19-17-15-11-12-16(21-15)18(17)20-14-9-5-2-6-10-14/h1-12,15-16H/q+2/t15-,16+. The first-order valence-corrected chi connectivity index (χ1v) is 11.2. The van der Waals surface area contributed by atoms with E-state index in [4.69, 9.17) is 4.74 Å². The highest BCUT2D eigenvalue weighted by atomic mass is 127. The van der Waals surface area contributed by atoms with Crippen LogP contribution < -0.4 is 42.4 Å². The van der Waals surface area contributed by atoms with Gasteiger partial charge in [0.1, 0.15) is 12.2 Å². The average molecular weight is 500 g/mol. The minimum Gasteiger partial charge on any atom is -0.349 e. The molecule has 4 rings (SSSR count). The molecule has 0 amide bonds. The zero-order valence-electron chi connectivity index (χ0n) is 11.2. The fourth-order valence-electron chi connectivity index (χ4n) is 2.40. The molecule has 0 saturated heterocycles. The van der Waals surface area contributed by atoms with Gasteiger partial charge in [-0.1, -0.05) is 36.4 Å². The van der Waals surface area contributed by atoms with Crippen LogP contribution in [0.5, 0.6) is 0 Å². The third-order valence-corrected chi connectivity index (χ3v) is 10.6. The molecular formula is C18H14I2O+2. The van der Waals surface area contributed by atoms with Crippen LogP contribution in [0, 0.1) is 7.14 Å². The molecule has 2 aliphatic heterocycles. The van der Waals surface area contributed by atoms with Gasteiger partial charge in [-0.15, -0.1) is 0 Å². The van der Waals surface area contributed by atoms with Crippen molar-refractivity contribution in [2.24, 2.45) is 0 Å². The molecule has 0 aromatic heterocycles. The molecule has 3 heteroatoms. The van der Waals surface area contributed by atoms with Gasteiger partial charge in [0.2, 0.25) is 0 Å². The smallest absolute Gasteiger partial charge is 0.349 e. The summed E-state index contributed by atoms with van der Waals surface area (Å²) in [6, 6.07) is 21.8. The summed E-state index contributed by atoms with van der Waals surface area (Å²) in [6.45, 7) is 0. The van der Waals surface area contributed by atoms with Crippen molar-refractivity contribution in [2.45, 2.75) is 12.2 Å². The van der Waals surface area contributed by atoms with Gasteiger partial charge in [0.05, 0.1) is 0 Å². The molecule has 0 fully saturated rings. The molecule has 0 N–H and O–H groups in total. The highest BCUT2D eigenvalue weighted by Crippen LogP contribution is 2.25. The topological polar surface area (TPSA) is 9.23 Å². The van der Waals surface area contributed by atoms with Gasteiger partial charge in [0.15, 0.2) is 7.14 Å². The van der Waals surface area contributed by atoms with Crippen molar-refractivity contribution in [1.29, 1.82) is 0 Å². The van der Waals surface area contributed by atoms with Gasteiger partial charge in [0.25, 0.3) is 7.16 Å². The first-order chi connectivity index (χ1) is 10.4. The highest BCUT2D eigenvalue weighted by Gasteiger charge is 2.51. The lowest BCUT2D eigenvalue weighted by Gasteiger charge is -1.94. The molecule has 104 valence electrons. The third kappa shape index (κ3) is 2.96. The molecule has 0 spiro atoms. The van der Waals surface area contributed by atoms with Crippen molar-refractivity contribution in [2.75, 3.05) is 0 Å². The summed E-state index contributed by atoms with van der Waals surface area (Å²) in [7, 11) is 0. The van der Waals surface area contributed by atoms with Crippen LogP contribution in [0.25, 0.3) is 0 Å². The maximum atomic E-state index is 6.11. The van der Waals surface area contributed by atoms with Crippen LogP contribution in [0.1, 0.15) is 0 Å². The number of hydrogen-bond donors (Lipinski definition) is 0. The summed E-state index contributed by atoms with van der Waals surface area (Å²) in [5.74, 6) is 0. The van der Waals surface area contributed by atoms with Gasteiger partial charge in [-0.2, -0.15) is 0 Å². The molecule has 0 aliphatic carbocycles. The Balaban J connectivity index is 1.64. The predicted molar refractivity (Wildman–Crippen MR) is 75.1 cm³/mol. The quantitative estimate of drug-likeness (QED) is 0.333. The van der Waals surface area contributed by atoms with Crippen molar-refractivity contribution in [3.05, 3.63) is 87.1 Å². The Morgan fingerprint density at radius 2 is 1.05 bits per heavy atom. The number of halogens is 2. The Bertz CT molecular complexity index is 632. The monoisotopic (exact) mass is 500 g/mol. The Hall–Kier alpha value is -0.660. The molecular weight excluding hydrogens is 486 g/mol. The van der Waals surface area contributed by atoms with Gasteiger partial charge in [0, 0.05) is 0 Å². The summed E-state index contributed by atoms with van der Waals surface area (Å²) < 4.78 is 12.3. The molecule has 2 bridgehead atoms. The first kappa shape index (κ1) is 14.0. The number of hydrogen-bond acceptors (Lipinski definition) is 1. The number of rotatable bonds is 4. The lowest BCUT2D eigenvalue weighted by molar-refractivity contribution is -0.619. The molecule has 2 aromatic carbocycles. The van der Waals surface area contributed by atoms with E-state index in [1.807, 2.05) is 0 Å². The Labute approximate surface area is 145 Å². The molecule has 0 radical (unpaired) electrons. The second-order valence-electron chi connectivity index (χ2n) is 4.84. The molecule has 2 atom stereocenters. The van der Waals surface area contributed by atoms with Crippen LogP contribution in [0.3, 0.4) is 0 Å². The molecule has 0 saturated carbocycles. The summed E-state index contributed by atoms with van der Waals surface area (Å²) in [4.78, 5) is 0. The third-order valence-electron chi connectivity index (χ3n) is 3.37. The SMILES string of the molecule is C1=C[C@H]2O[C@@H]1C([I+]c1ccccc1)=C2[I+]c1ccccc1. The van der Waals surface area contributed by atoms with E-state index in [1.54, 1.807) is 7.16 Å². The largest absolute Gasteiger partial charge is 0.361 e. The van der Waals surface area contributed by atoms with Crippen LogP contribution >= 0.6 is 0 Å². The molecule has 2 heterocycles. The fraction of sp³-hybridized carbons (Fsp3) is 0.111. The van der Waals surface area contributed by atoms with E-state index < -0.39 is 0 Å². The fourth-order valence-corrected chi connectivity index (χ4v) is 9.11. The Kier molecular flexibility index (Phi) is 4.14. The van der Waals surface area contributed by atoms with E-state index >= 15 is 0 Å². The zero-order valence-corrected chi connectivity index (χ0v) is 15.6. The van der Waals surface area contributed by atoms with Crippen LogP contribution in [0.4, 0.5) is 0 Å².